The molecule has 1 aliphatic carbocycles. The van der Waals surface area contributed by atoms with Gasteiger partial charge in [0.15, 0.2) is 0 Å². The second-order valence-electron chi connectivity index (χ2n) is 8.60. The number of unbranched alkanes of at least 4 members (excludes halogenated alkanes) is 1. The molecule has 0 aliphatic heterocycles. The topological polar surface area (TPSA) is 95.9 Å². The number of carbonyl (C=O) groups excluding carboxylic acids is 2. The first kappa shape index (κ1) is 25.3. The summed E-state index contributed by atoms with van der Waals surface area (Å²) in [6.07, 6.45) is 1.55. The lowest BCUT2D eigenvalue weighted by Crippen LogP contribution is -2.41. The Balaban J connectivity index is 1.52. The summed E-state index contributed by atoms with van der Waals surface area (Å²) in [5, 5.41) is 11.6. The summed E-state index contributed by atoms with van der Waals surface area (Å²) in [5.74, 6) is -0.891. The molecule has 0 heterocycles. The minimum atomic E-state index is -0.826. The molecule has 7 nitrogen and oxygen atoms in total. The first-order valence-corrected chi connectivity index (χ1v) is 12.1. The van der Waals surface area contributed by atoms with Crippen LogP contribution >= 0.6 is 0 Å². The van der Waals surface area contributed by atoms with Gasteiger partial charge in [-0.25, -0.2) is 4.79 Å². The summed E-state index contributed by atoms with van der Waals surface area (Å²) >= 11 is 0. The molecule has 0 bridgehead atoms. The lowest BCUT2D eigenvalue weighted by atomic mass is 9.98. The van der Waals surface area contributed by atoms with Gasteiger partial charge in [0, 0.05) is 37.9 Å². The monoisotopic (exact) mass is 466 g/mol. The van der Waals surface area contributed by atoms with E-state index in [1.165, 1.54) is 11.1 Å². The zero-order chi connectivity index (χ0) is 24.5. The van der Waals surface area contributed by atoms with Crippen molar-refractivity contribution in [2.24, 2.45) is 0 Å². The summed E-state index contributed by atoms with van der Waals surface area (Å²) in [4.78, 5) is 37.7. The van der Waals surface area contributed by atoms with Gasteiger partial charge in [0.05, 0.1) is 0 Å². The fraction of sp³-hybridized carbons (Fsp3) is 0.444. The lowest BCUT2D eigenvalue weighted by molar-refractivity contribution is -0.137. The summed E-state index contributed by atoms with van der Waals surface area (Å²) < 4.78 is 5.61. The van der Waals surface area contributed by atoms with Crippen LogP contribution in [0.15, 0.2) is 48.5 Å². The molecule has 2 aromatic rings. The second-order valence-corrected chi connectivity index (χ2v) is 8.60. The van der Waals surface area contributed by atoms with E-state index in [1.807, 2.05) is 38.1 Å². The molecule has 1 aliphatic rings. The highest BCUT2D eigenvalue weighted by Gasteiger charge is 2.29. The van der Waals surface area contributed by atoms with E-state index in [9.17, 15) is 14.4 Å². The molecule has 182 valence electrons. The molecule has 1 atom stereocenters. The normalized spacial score (nSPS) is 13.0. The maximum absolute atomic E-state index is 12.7. The maximum atomic E-state index is 12.7. The third kappa shape index (κ3) is 6.37. The van der Waals surface area contributed by atoms with E-state index in [0.717, 1.165) is 11.1 Å². The lowest BCUT2D eigenvalue weighted by Gasteiger charge is -2.24. The number of fused-ring (bicyclic) bond motifs is 3. The highest BCUT2D eigenvalue weighted by Crippen LogP contribution is 2.44. The van der Waals surface area contributed by atoms with Crippen molar-refractivity contribution in [3.63, 3.8) is 0 Å². The van der Waals surface area contributed by atoms with Gasteiger partial charge in [0.2, 0.25) is 5.91 Å². The number of nitrogens with one attached hydrogen (secondary N) is 1. The molecule has 0 unspecified atom stereocenters. The van der Waals surface area contributed by atoms with Gasteiger partial charge in [-0.1, -0.05) is 55.5 Å². The van der Waals surface area contributed by atoms with Gasteiger partial charge >= 0.3 is 12.1 Å². The van der Waals surface area contributed by atoms with Crippen LogP contribution in [-0.2, 0) is 14.3 Å². The van der Waals surface area contributed by atoms with Crippen LogP contribution in [-0.4, -0.2) is 53.7 Å². The van der Waals surface area contributed by atoms with Crippen molar-refractivity contribution < 1.29 is 24.2 Å². The van der Waals surface area contributed by atoms with Crippen LogP contribution in [0.4, 0.5) is 4.79 Å². The fourth-order valence-electron chi connectivity index (χ4n) is 4.48. The van der Waals surface area contributed by atoms with Gasteiger partial charge in [-0.3, -0.25) is 9.59 Å². The van der Waals surface area contributed by atoms with Crippen molar-refractivity contribution in [3.05, 3.63) is 59.7 Å². The molecule has 0 aromatic heterocycles. The minimum Gasteiger partial charge on any atom is -0.481 e. The van der Waals surface area contributed by atoms with E-state index >= 15 is 0 Å². The molecule has 7 heteroatoms. The number of amides is 2. The minimum absolute atomic E-state index is 0.0127. The Morgan fingerprint density at radius 3 is 2.18 bits per heavy atom. The van der Waals surface area contributed by atoms with Crippen LogP contribution in [0, 0.1) is 0 Å². The van der Waals surface area contributed by atoms with E-state index in [-0.39, 0.29) is 37.3 Å². The summed E-state index contributed by atoms with van der Waals surface area (Å²) in [5.41, 5.74) is 4.65. The van der Waals surface area contributed by atoms with Gasteiger partial charge in [-0.15, -0.1) is 0 Å². The zero-order valence-corrected chi connectivity index (χ0v) is 20.0. The Bertz CT molecular complexity index is 961. The largest absolute Gasteiger partial charge is 0.481 e. The van der Waals surface area contributed by atoms with Crippen LogP contribution in [0.25, 0.3) is 11.1 Å². The standard InChI is InChI=1S/C27H34N2O5/c1-3-19(17-25(30)29(4-2)16-10-9-15-26(31)32)28-27(33)34-18-24-22-13-7-5-11-20(22)21-12-6-8-14-23(21)24/h5-8,11-14,19,24H,3-4,9-10,15-18H2,1-2H3,(H,28,33)(H,31,32)/t19-/m1/s1. The Kier molecular flexibility index (Phi) is 9.08. The number of carbonyl (C=O) groups is 3. The predicted octanol–water partition coefficient (Wildman–Crippen LogP) is 4.80. The summed E-state index contributed by atoms with van der Waals surface area (Å²) in [7, 11) is 0. The molecular weight excluding hydrogens is 432 g/mol. The third-order valence-electron chi connectivity index (χ3n) is 6.38. The molecule has 34 heavy (non-hydrogen) atoms. The highest BCUT2D eigenvalue weighted by atomic mass is 16.5. The molecule has 0 fully saturated rings. The number of ether oxygens (including phenoxy) is 1. The van der Waals surface area contributed by atoms with Crippen LogP contribution in [0.1, 0.15) is 63.0 Å². The third-order valence-corrected chi connectivity index (χ3v) is 6.38. The first-order valence-electron chi connectivity index (χ1n) is 12.1. The van der Waals surface area contributed by atoms with Crippen LogP contribution < -0.4 is 5.32 Å². The number of carboxylic acids is 1. The Labute approximate surface area is 201 Å². The Hall–Kier alpha value is -3.35. The van der Waals surface area contributed by atoms with Gasteiger partial charge < -0.3 is 20.1 Å². The van der Waals surface area contributed by atoms with Crippen LogP contribution in [0.3, 0.4) is 0 Å². The quantitative estimate of drug-likeness (QED) is 0.438. The second kappa shape index (κ2) is 12.2. The Morgan fingerprint density at radius 1 is 1.00 bits per heavy atom. The number of carboxylic acid groups (broad SMARTS) is 1. The molecular formula is C27H34N2O5. The zero-order valence-electron chi connectivity index (χ0n) is 20.0. The van der Waals surface area contributed by atoms with Gasteiger partial charge in [0.1, 0.15) is 6.61 Å². The smallest absolute Gasteiger partial charge is 0.407 e. The van der Waals surface area contributed by atoms with Gasteiger partial charge in [-0.05, 0) is 48.4 Å². The summed E-state index contributed by atoms with van der Waals surface area (Å²) in [6.45, 7) is 5.12. The highest BCUT2D eigenvalue weighted by molar-refractivity contribution is 5.79. The maximum Gasteiger partial charge on any atom is 0.407 e. The van der Waals surface area contributed by atoms with E-state index in [4.69, 9.17) is 9.84 Å². The van der Waals surface area contributed by atoms with E-state index in [1.54, 1.807) is 4.90 Å². The molecule has 0 saturated carbocycles. The van der Waals surface area contributed by atoms with Crippen molar-refractivity contribution in [2.75, 3.05) is 19.7 Å². The van der Waals surface area contributed by atoms with Gasteiger partial charge in [0.25, 0.3) is 0 Å². The number of benzene rings is 2. The molecule has 2 N–H and O–H groups in total. The average molecular weight is 467 g/mol. The fourth-order valence-corrected chi connectivity index (χ4v) is 4.48. The van der Waals surface area contributed by atoms with Gasteiger partial charge in [-0.2, -0.15) is 0 Å². The van der Waals surface area contributed by atoms with Crippen molar-refractivity contribution in [1.82, 2.24) is 10.2 Å². The molecule has 0 saturated heterocycles. The number of aliphatic carboxylic acids is 1. The molecule has 0 spiro atoms. The van der Waals surface area contributed by atoms with Crippen LogP contribution in [0.2, 0.25) is 0 Å². The van der Waals surface area contributed by atoms with Crippen molar-refractivity contribution >= 4 is 18.0 Å². The summed E-state index contributed by atoms with van der Waals surface area (Å²) in [6, 6.07) is 16.0. The molecule has 0 radical (unpaired) electrons. The predicted molar refractivity (Wildman–Crippen MR) is 131 cm³/mol. The van der Waals surface area contributed by atoms with Crippen molar-refractivity contribution in [1.29, 1.82) is 0 Å². The SMILES string of the molecule is CC[C@H](CC(=O)N(CC)CCCCC(=O)O)NC(=O)OCC1c2ccccc2-c2ccccc21. The number of alkyl carbamates (subject to hydrolysis) is 1. The average Bonchev–Trinajstić information content (AvgIpc) is 3.15. The Morgan fingerprint density at radius 2 is 1.62 bits per heavy atom. The number of nitrogens with zero attached hydrogens (tertiary/aromatic N) is 1. The number of rotatable bonds is 12. The van der Waals surface area contributed by atoms with E-state index in [0.29, 0.717) is 32.4 Å². The molecule has 3 rings (SSSR count). The number of hydrogen-bond donors (Lipinski definition) is 2. The number of hydrogen-bond acceptors (Lipinski definition) is 4. The van der Waals surface area contributed by atoms with E-state index in [2.05, 4.69) is 29.6 Å². The van der Waals surface area contributed by atoms with Crippen molar-refractivity contribution in [3.8, 4) is 11.1 Å². The molecule has 2 amide bonds. The van der Waals surface area contributed by atoms with Crippen LogP contribution in [0.5, 0.6) is 0 Å². The van der Waals surface area contributed by atoms with E-state index < -0.39 is 12.1 Å². The van der Waals surface area contributed by atoms with Crippen molar-refractivity contribution in [2.45, 2.75) is 57.9 Å². The first-order chi connectivity index (χ1) is 16.4. The molecule has 2 aromatic carbocycles.